The van der Waals surface area contributed by atoms with Crippen molar-refractivity contribution >= 4 is 22.2 Å². The molecule has 0 aliphatic heterocycles. The van der Waals surface area contributed by atoms with Crippen molar-refractivity contribution in [1.29, 1.82) is 0 Å². The quantitative estimate of drug-likeness (QED) is 0.233. The van der Waals surface area contributed by atoms with Crippen molar-refractivity contribution < 1.29 is 4.39 Å². The number of halogens is 1. The molecule has 0 atom stereocenters. The number of hydrogen-bond donors (Lipinski definition) is 3. The van der Waals surface area contributed by atoms with Gasteiger partial charge in [0.1, 0.15) is 17.0 Å². The maximum absolute atomic E-state index is 13.9. The van der Waals surface area contributed by atoms with Crippen molar-refractivity contribution in [2.75, 3.05) is 0 Å². The molecule has 7 rings (SSSR count). The third-order valence-corrected chi connectivity index (χ3v) is 6.79. The Morgan fingerprint density at radius 1 is 0.750 bits per heavy atom. The van der Waals surface area contributed by atoms with Gasteiger partial charge in [0.15, 0.2) is 17.1 Å². The molecule has 194 valence electrons. The van der Waals surface area contributed by atoms with Crippen LogP contribution in [-0.4, -0.2) is 35.1 Å². The Morgan fingerprint density at radius 2 is 1.62 bits per heavy atom. The van der Waals surface area contributed by atoms with Gasteiger partial charge in [0.25, 0.3) is 0 Å². The number of benzene rings is 2. The third kappa shape index (κ3) is 4.59. The standard InChI is InChI=1S/C31H23FN8/c32-24-8-4-7-21(12-24)25-9-10-35-30-27(25)37-31(38-30)28-26-13-23(18-36-29(26)40-39-28)22-11-20(16-34-17-22)15-33-14-19-5-2-1-3-6-19/h1-13,16-18,33H,14-15H2,(H,35,37,38)(H,36,39,40). The summed E-state index contributed by atoms with van der Waals surface area (Å²) in [5.74, 6) is 0.245. The normalized spacial score (nSPS) is 11.4. The van der Waals surface area contributed by atoms with Crippen LogP contribution in [0, 0.1) is 5.82 Å². The van der Waals surface area contributed by atoms with E-state index in [9.17, 15) is 4.39 Å². The topological polar surface area (TPSA) is 108 Å². The molecule has 0 saturated heterocycles. The lowest BCUT2D eigenvalue weighted by molar-refractivity contribution is 0.628. The smallest absolute Gasteiger partial charge is 0.161 e. The average molecular weight is 527 g/mol. The molecule has 5 aromatic heterocycles. The van der Waals surface area contributed by atoms with Crippen LogP contribution in [0.25, 0.3) is 56.0 Å². The molecule has 0 spiro atoms. The molecule has 7 aromatic rings. The van der Waals surface area contributed by atoms with Gasteiger partial charge in [-0.15, -0.1) is 0 Å². The number of aromatic nitrogens is 7. The molecule has 0 aliphatic carbocycles. The van der Waals surface area contributed by atoms with Gasteiger partial charge >= 0.3 is 0 Å². The van der Waals surface area contributed by atoms with Crippen LogP contribution in [0.1, 0.15) is 11.1 Å². The van der Waals surface area contributed by atoms with Gasteiger partial charge in [0.05, 0.1) is 5.39 Å². The largest absolute Gasteiger partial charge is 0.321 e. The summed E-state index contributed by atoms with van der Waals surface area (Å²) in [6.45, 7) is 1.48. The van der Waals surface area contributed by atoms with Crippen molar-refractivity contribution in [1.82, 2.24) is 40.4 Å². The van der Waals surface area contributed by atoms with E-state index in [1.807, 2.05) is 55.0 Å². The molecular formula is C31H23FN8. The number of fused-ring (bicyclic) bond motifs is 2. The molecule has 0 bridgehead atoms. The van der Waals surface area contributed by atoms with Crippen LogP contribution in [0.15, 0.2) is 97.6 Å². The predicted molar refractivity (Wildman–Crippen MR) is 152 cm³/mol. The first-order valence-corrected chi connectivity index (χ1v) is 12.9. The van der Waals surface area contributed by atoms with Gasteiger partial charge in [0.2, 0.25) is 0 Å². The number of hydrogen-bond acceptors (Lipinski definition) is 6. The van der Waals surface area contributed by atoms with Crippen LogP contribution in [0.4, 0.5) is 4.39 Å². The maximum Gasteiger partial charge on any atom is 0.161 e. The van der Waals surface area contributed by atoms with E-state index >= 15 is 0 Å². The van der Waals surface area contributed by atoms with E-state index in [0.29, 0.717) is 34.9 Å². The molecule has 9 heteroatoms. The minimum Gasteiger partial charge on any atom is -0.321 e. The zero-order valence-corrected chi connectivity index (χ0v) is 21.3. The number of rotatable bonds is 7. The Labute approximate surface area is 228 Å². The molecule has 0 radical (unpaired) electrons. The second kappa shape index (κ2) is 10.1. The van der Waals surface area contributed by atoms with E-state index in [4.69, 9.17) is 4.98 Å². The maximum atomic E-state index is 13.9. The number of pyridine rings is 3. The van der Waals surface area contributed by atoms with E-state index in [1.54, 1.807) is 12.3 Å². The summed E-state index contributed by atoms with van der Waals surface area (Å²) >= 11 is 0. The van der Waals surface area contributed by atoms with E-state index in [-0.39, 0.29) is 5.82 Å². The van der Waals surface area contributed by atoms with Gasteiger partial charge in [-0.1, -0.05) is 42.5 Å². The second-order valence-corrected chi connectivity index (χ2v) is 9.51. The van der Waals surface area contributed by atoms with Gasteiger partial charge in [-0.25, -0.2) is 19.3 Å². The van der Waals surface area contributed by atoms with Crippen LogP contribution in [-0.2, 0) is 13.1 Å². The summed E-state index contributed by atoms with van der Waals surface area (Å²) in [5.41, 5.74) is 8.21. The van der Waals surface area contributed by atoms with Gasteiger partial charge < -0.3 is 10.3 Å². The SMILES string of the molecule is Fc1cccc(-c2ccnc3[nH]c(-c4n[nH]c5ncc(-c6cncc(CNCc7ccccc7)c6)cc45)nc23)c1. The Bertz CT molecular complexity index is 1960. The summed E-state index contributed by atoms with van der Waals surface area (Å²) in [6.07, 6.45) is 7.19. The highest BCUT2D eigenvalue weighted by atomic mass is 19.1. The molecule has 8 nitrogen and oxygen atoms in total. The Kier molecular flexibility index (Phi) is 6.02. The lowest BCUT2D eigenvalue weighted by Gasteiger charge is -2.07. The summed E-state index contributed by atoms with van der Waals surface area (Å²) in [7, 11) is 0. The summed E-state index contributed by atoms with van der Waals surface area (Å²) < 4.78 is 13.9. The highest BCUT2D eigenvalue weighted by Crippen LogP contribution is 2.32. The van der Waals surface area contributed by atoms with E-state index < -0.39 is 0 Å². The fraction of sp³-hybridized carbons (Fsp3) is 0.0645. The minimum absolute atomic E-state index is 0.305. The Morgan fingerprint density at radius 3 is 2.52 bits per heavy atom. The van der Waals surface area contributed by atoms with Gasteiger partial charge in [0, 0.05) is 54.6 Å². The highest BCUT2D eigenvalue weighted by Gasteiger charge is 2.17. The first kappa shape index (κ1) is 23.8. The summed E-state index contributed by atoms with van der Waals surface area (Å²) in [5, 5.41) is 11.8. The average Bonchev–Trinajstić information content (AvgIpc) is 3.62. The van der Waals surface area contributed by atoms with Crippen LogP contribution in [0.2, 0.25) is 0 Å². The minimum atomic E-state index is -0.305. The molecule has 40 heavy (non-hydrogen) atoms. The predicted octanol–water partition coefficient (Wildman–Crippen LogP) is 6.05. The molecule has 0 saturated carbocycles. The van der Waals surface area contributed by atoms with Crippen LogP contribution >= 0.6 is 0 Å². The molecule has 3 N–H and O–H groups in total. The highest BCUT2D eigenvalue weighted by molar-refractivity contribution is 5.96. The number of H-pyrrole nitrogens is 2. The second-order valence-electron chi connectivity index (χ2n) is 9.51. The van der Waals surface area contributed by atoms with Gasteiger partial charge in [-0.2, -0.15) is 5.10 Å². The monoisotopic (exact) mass is 526 g/mol. The van der Waals surface area contributed by atoms with Crippen molar-refractivity contribution in [3.8, 4) is 33.8 Å². The molecule has 0 aliphatic rings. The van der Waals surface area contributed by atoms with Gasteiger partial charge in [-0.05, 0) is 47.0 Å². The molecule has 0 fully saturated rings. The number of nitrogens with zero attached hydrogens (tertiary/aromatic N) is 5. The lowest BCUT2D eigenvalue weighted by atomic mass is 10.1. The summed E-state index contributed by atoms with van der Waals surface area (Å²) in [4.78, 5) is 21.6. The number of nitrogens with one attached hydrogen (secondary N) is 3. The molecular weight excluding hydrogens is 503 g/mol. The lowest BCUT2D eigenvalue weighted by Crippen LogP contribution is -2.12. The van der Waals surface area contributed by atoms with E-state index in [2.05, 4.69) is 53.6 Å². The fourth-order valence-electron chi connectivity index (χ4n) is 4.84. The Hall–Kier alpha value is -5.28. The van der Waals surface area contributed by atoms with E-state index in [1.165, 1.54) is 17.7 Å². The zero-order chi connectivity index (χ0) is 26.9. The van der Waals surface area contributed by atoms with Gasteiger partial charge in [-0.3, -0.25) is 10.1 Å². The molecule has 0 unspecified atom stereocenters. The molecule has 5 heterocycles. The first-order chi connectivity index (χ1) is 19.7. The number of aromatic amines is 2. The summed E-state index contributed by atoms with van der Waals surface area (Å²) in [6, 6.07) is 22.7. The van der Waals surface area contributed by atoms with Crippen molar-refractivity contribution in [2.24, 2.45) is 0 Å². The van der Waals surface area contributed by atoms with Crippen molar-refractivity contribution in [3.63, 3.8) is 0 Å². The van der Waals surface area contributed by atoms with Crippen LogP contribution in [0.5, 0.6) is 0 Å². The Balaban J connectivity index is 1.20. The van der Waals surface area contributed by atoms with Crippen LogP contribution in [0.3, 0.4) is 0 Å². The molecule has 2 aromatic carbocycles. The van der Waals surface area contributed by atoms with E-state index in [0.717, 1.165) is 39.7 Å². The first-order valence-electron chi connectivity index (χ1n) is 12.9. The number of imidazole rings is 1. The van der Waals surface area contributed by atoms with Crippen molar-refractivity contribution in [2.45, 2.75) is 13.1 Å². The third-order valence-electron chi connectivity index (χ3n) is 6.79. The van der Waals surface area contributed by atoms with Crippen molar-refractivity contribution in [3.05, 3.63) is 115 Å². The van der Waals surface area contributed by atoms with Crippen LogP contribution < -0.4 is 5.32 Å². The fourth-order valence-corrected chi connectivity index (χ4v) is 4.84. The zero-order valence-electron chi connectivity index (χ0n) is 21.3. The molecule has 0 amide bonds.